The smallest absolute Gasteiger partial charge is 0.356 e. The van der Waals surface area contributed by atoms with Gasteiger partial charge in [0.25, 0.3) is 0 Å². The molecule has 1 aromatic carbocycles. The van der Waals surface area contributed by atoms with Crippen LogP contribution in [0, 0.1) is 0 Å². The molecule has 6 N–H and O–H groups in total. The second-order valence-corrected chi connectivity index (χ2v) is 5.04. The predicted octanol–water partition coefficient (Wildman–Crippen LogP) is 0.556. The Hall–Kier alpha value is -4.15. The first-order valence-electron chi connectivity index (χ1n) is 7.06. The molecule has 2 heterocycles. The van der Waals surface area contributed by atoms with Crippen LogP contribution in [0.25, 0.3) is 22.6 Å². The number of hydrogen-bond acceptors (Lipinski definition) is 9. The first-order chi connectivity index (χ1) is 12.4. The van der Waals surface area contributed by atoms with Crippen molar-refractivity contribution in [2.75, 3.05) is 11.5 Å². The second kappa shape index (κ2) is 6.39. The first-order valence-corrected chi connectivity index (χ1v) is 7.06. The number of nitrogens with zero attached hydrogens (tertiary/aromatic N) is 5. The maximum absolute atomic E-state index is 11.3. The number of rotatable bonds is 4. The van der Waals surface area contributed by atoms with Crippen LogP contribution in [-0.4, -0.2) is 47.3 Å². The van der Waals surface area contributed by atoms with Crippen LogP contribution in [0.2, 0.25) is 0 Å². The summed E-state index contributed by atoms with van der Waals surface area (Å²) in [6.07, 6.45) is 0.984. The number of carboxylic acids is 2. The molecule has 0 aliphatic heterocycles. The van der Waals surface area contributed by atoms with Crippen molar-refractivity contribution in [3.8, 4) is 22.6 Å². The van der Waals surface area contributed by atoms with Crippen molar-refractivity contribution in [2.24, 2.45) is 0 Å². The van der Waals surface area contributed by atoms with Gasteiger partial charge in [-0.05, 0) is 12.1 Å². The van der Waals surface area contributed by atoms with Crippen molar-refractivity contribution >= 4 is 23.6 Å². The van der Waals surface area contributed by atoms with E-state index < -0.39 is 11.9 Å². The Balaban J connectivity index is 2.10. The molecule has 11 heteroatoms. The van der Waals surface area contributed by atoms with Gasteiger partial charge in [0.2, 0.25) is 0 Å². The van der Waals surface area contributed by atoms with E-state index in [-0.39, 0.29) is 40.0 Å². The molecule has 0 fully saturated rings. The second-order valence-electron chi connectivity index (χ2n) is 5.04. The van der Waals surface area contributed by atoms with Crippen LogP contribution in [0.1, 0.15) is 20.8 Å². The van der Waals surface area contributed by atoms with Crippen LogP contribution in [0.3, 0.4) is 0 Å². The Morgan fingerprint density at radius 3 is 2.08 bits per heavy atom. The van der Waals surface area contributed by atoms with Crippen LogP contribution in [0.15, 0.2) is 30.6 Å². The zero-order valence-corrected chi connectivity index (χ0v) is 13.0. The molecule has 0 saturated heterocycles. The standard InChI is InChI=1S/C15H11N7O4/c16-12-8(6-1-3-7(4-2-6)14(23)24)20-13(17)10(21-12)9-11(15(25)26)18-5-19-22-9/h1-5H,(H2,16,21)(H2,17,20)(H,23,24)(H,25,26). The lowest BCUT2D eigenvalue weighted by atomic mass is 10.1. The molecule has 0 aliphatic carbocycles. The Kier molecular flexibility index (Phi) is 4.11. The lowest BCUT2D eigenvalue weighted by Gasteiger charge is -2.10. The highest BCUT2D eigenvalue weighted by molar-refractivity contribution is 5.93. The van der Waals surface area contributed by atoms with E-state index in [9.17, 15) is 14.7 Å². The highest BCUT2D eigenvalue weighted by Crippen LogP contribution is 2.29. The summed E-state index contributed by atoms with van der Waals surface area (Å²) in [6, 6.07) is 5.79. The Morgan fingerprint density at radius 1 is 0.846 bits per heavy atom. The van der Waals surface area contributed by atoms with Gasteiger partial charge in [0.15, 0.2) is 17.3 Å². The number of nitrogen functional groups attached to an aromatic ring is 2. The van der Waals surface area contributed by atoms with Crippen LogP contribution in [0.4, 0.5) is 11.6 Å². The van der Waals surface area contributed by atoms with Gasteiger partial charge in [-0.1, -0.05) is 12.1 Å². The minimum atomic E-state index is -1.33. The molecule has 11 nitrogen and oxygen atoms in total. The summed E-state index contributed by atoms with van der Waals surface area (Å²) in [7, 11) is 0. The molecule has 0 unspecified atom stereocenters. The Morgan fingerprint density at radius 2 is 1.46 bits per heavy atom. The van der Waals surface area contributed by atoms with Crippen molar-refractivity contribution in [3.63, 3.8) is 0 Å². The molecule has 0 aliphatic rings. The minimum absolute atomic E-state index is 0.0423. The summed E-state index contributed by atoms with van der Waals surface area (Å²) < 4.78 is 0. The molecule has 2 aromatic heterocycles. The van der Waals surface area contributed by atoms with Gasteiger partial charge in [0, 0.05) is 5.56 Å². The maximum Gasteiger partial charge on any atom is 0.356 e. The predicted molar refractivity (Wildman–Crippen MR) is 89.0 cm³/mol. The van der Waals surface area contributed by atoms with E-state index in [1.807, 2.05) is 0 Å². The Labute approximate surface area is 145 Å². The van der Waals surface area contributed by atoms with Crippen LogP contribution < -0.4 is 11.5 Å². The van der Waals surface area contributed by atoms with Gasteiger partial charge in [-0.2, -0.15) is 0 Å². The van der Waals surface area contributed by atoms with Crippen molar-refractivity contribution < 1.29 is 19.8 Å². The fourth-order valence-corrected chi connectivity index (χ4v) is 2.21. The molecule has 130 valence electrons. The molecule has 0 bridgehead atoms. The van der Waals surface area contributed by atoms with E-state index in [1.165, 1.54) is 24.3 Å². The average Bonchev–Trinajstić information content (AvgIpc) is 2.63. The fraction of sp³-hybridized carbons (Fsp3) is 0. The van der Waals surface area contributed by atoms with Gasteiger partial charge in [0.1, 0.15) is 23.4 Å². The molecule has 3 aromatic rings. The minimum Gasteiger partial charge on any atom is -0.478 e. The van der Waals surface area contributed by atoms with Crippen molar-refractivity contribution in [2.45, 2.75) is 0 Å². The molecular formula is C15H11N7O4. The van der Waals surface area contributed by atoms with Gasteiger partial charge in [-0.3, -0.25) is 0 Å². The number of anilines is 2. The zero-order valence-electron chi connectivity index (χ0n) is 13.0. The summed E-state index contributed by atoms with van der Waals surface area (Å²) in [5.41, 5.74) is 12.0. The van der Waals surface area contributed by atoms with Gasteiger partial charge >= 0.3 is 11.9 Å². The molecule has 0 radical (unpaired) electrons. The number of nitrogens with two attached hydrogens (primary N) is 2. The topological polar surface area (TPSA) is 191 Å². The molecule has 26 heavy (non-hydrogen) atoms. The van der Waals surface area contributed by atoms with Crippen molar-refractivity contribution in [1.29, 1.82) is 0 Å². The number of benzene rings is 1. The number of carboxylic acid groups (broad SMARTS) is 2. The monoisotopic (exact) mass is 353 g/mol. The molecule has 3 rings (SSSR count). The number of hydrogen-bond donors (Lipinski definition) is 4. The van der Waals surface area contributed by atoms with E-state index in [0.717, 1.165) is 6.33 Å². The molecular weight excluding hydrogens is 342 g/mol. The van der Waals surface area contributed by atoms with E-state index in [0.29, 0.717) is 5.56 Å². The summed E-state index contributed by atoms with van der Waals surface area (Å²) in [5, 5.41) is 25.4. The summed E-state index contributed by atoms with van der Waals surface area (Å²) in [4.78, 5) is 34.1. The third-order valence-electron chi connectivity index (χ3n) is 3.40. The largest absolute Gasteiger partial charge is 0.478 e. The third kappa shape index (κ3) is 2.96. The van der Waals surface area contributed by atoms with Gasteiger partial charge in [0.05, 0.1) is 5.56 Å². The van der Waals surface area contributed by atoms with Crippen molar-refractivity contribution in [1.82, 2.24) is 25.1 Å². The fourth-order valence-electron chi connectivity index (χ4n) is 2.21. The lowest BCUT2D eigenvalue weighted by Crippen LogP contribution is -2.11. The van der Waals surface area contributed by atoms with E-state index in [1.54, 1.807) is 0 Å². The highest BCUT2D eigenvalue weighted by atomic mass is 16.4. The van der Waals surface area contributed by atoms with Gasteiger partial charge in [-0.15, -0.1) is 10.2 Å². The Bertz CT molecular complexity index is 1020. The van der Waals surface area contributed by atoms with Gasteiger partial charge in [-0.25, -0.2) is 24.5 Å². The summed E-state index contributed by atoms with van der Waals surface area (Å²) in [5.74, 6) is -2.56. The summed E-state index contributed by atoms with van der Waals surface area (Å²) in [6.45, 7) is 0. The lowest BCUT2D eigenvalue weighted by molar-refractivity contribution is 0.0682. The average molecular weight is 353 g/mol. The van der Waals surface area contributed by atoms with E-state index >= 15 is 0 Å². The van der Waals surface area contributed by atoms with E-state index in [2.05, 4.69) is 25.1 Å². The quantitative estimate of drug-likeness (QED) is 0.512. The normalized spacial score (nSPS) is 10.5. The first kappa shape index (κ1) is 16.7. The van der Waals surface area contributed by atoms with Crippen LogP contribution in [0.5, 0.6) is 0 Å². The molecule has 0 saturated carbocycles. The summed E-state index contributed by atoms with van der Waals surface area (Å²) >= 11 is 0. The number of aromatic nitrogens is 5. The van der Waals surface area contributed by atoms with Gasteiger partial charge < -0.3 is 21.7 Å². The SMILES string of the molecule is Nc1nc(-c2nncnc2C(=O)O)c(N)nc1-c1ccc(C(=O)O)cc1. The molecule has 0 spiro atoms. The molecule has 0 amide bonds. The maximum atomic E-state index is 11.3. The molecule has 0 atom stereocenters. The van der Waals surface area contributed by atoms with Crippen molar-refractivity contribution in [3.05, 3.63) is 41.9 Å². The number of aromatic carboxylic acids is 2. The highest BCUT2D eigenvalue weighted by Gasteiger charge is 2.21. The zero-order chi connectivity index (χ0) is 18.8. The third-order valence-corrected chi connectivity index (χ3v) is 3.40. The van der Waals surface area contributed by atoms with Crippen LogP contribution >= 0.6 is 0 Å². The van der Waals surface area contributed by atoms with E-state index in [4.69, 9.17) is 16.6 Å². The number of carbonyl (C=O) groups is 2. The van der Waals surface area contributed by atoms with Crippen LogP contribution in [-0.2, 0) is 0 Å².